The molecule has 3 rings (SSSR count). The van der Waals surface area contributed by atoms with Gasteiger partial charge >= 0.3 is 0 Å². The summed E-state index contributed by atoms with van der Waals surface area (Å²) in [5.41, 5.74) is 3.31. The minimum atomic E-state index is 0.582. The lowest BCUT2D eigenvalue weighted by molar-refractivity contribution is 0.287. The first-order valence-electron chi connectivity index (χ1n) is 10.4. The third-order valence-electron chi connectivity index (χ3n) is 4.42. The molecule has 2 N–H and O–H groups in total. The second kappa shape index (κ2) is 12.2. The molecule has 0 unspecified atom stereocenters. The van der Waals surface area contributed by atoms with Crippen LogP contribution in [0.25, 0.3) is 0 Å². The summed E-state index contributed by atoms with van der Waals surface area (Å²) in [6.45, 7) is 5.73. The van der Waals surface area contributed by atoms with Crippen molar-refractivity contribution >= 4 is 34.8 Å². The van der Waals surface area contributed by atoms with E-state index in [1.807, 2.05) is 49.9 Å². The Hall–Kier alpha value is -2.70. The van der Waals surface area contributed by atoms with Crippen LogP contribution in [0.3, 0.4) is 0 Å². The predicted molar refractivity (Wildman–Crippen MR) is 134 cm³/mol. The summed E-state index contributed by atoms with van der Waals surface area (Å²) in [4.78, 5) is 1.27. The fraction of sp³-hybridized carbons (Fsp3) is 0.240. The highest BCUT2D eigenvalue weighted by Crippen LogP contribution is 2.28. The van der Waals surface area contributed by atoms with Gasteiger partial charge in [-0.2, -0.15) is 0 Å². The fourth-order valence-corrected chi connectivity index (χ4v) is 4.00. The Labute approximate surface area is 194 Å². The van der Waals surface area contributed by atoms with E-state index in [9.17, 15) is 0 Å². The number of rotatable bonds is 10. The molecular formula is C25H28N2O2S2. The minimum Gasteiger partial charge on any atom is -0.490 e. The largest absolute Gasteiger partial charge is 0.490 e. The molecule has 3 aromatic carbocycles. The quantitative estimate of drug-likeness (QED) is 0.279. The van der Waals surface area contributed by atoms with Crippen molar-refractivity contribution < 1.29 is 9.47 Å². The summed E-state index contributed by atoms with van der Waals surface area (Å²) >= 11 is 7.28. The standard InChI is InChI=1S/C25H28N2O2S2/c1-3-28-23-15-12-20(16-24(23)29-4-2)17-26-25(30)27-21-13-10-19(11-14-21)18-31-22-8-6-5-7-9-22/h5-16H,3-4,17-18H2,1-2H3,(H2,26,27,30). The molecule has 6 heteroatoms. The number of thiocarbonyl (C=S) groups is 1. The zero-order chi connectivity index (χ0) is 21.9. The van der Waals surface area contributed by atoms with E-state index in [0.29, 0.717) is 24.9 Å². The summed E-state index contributed by atoms with van der Waals surface area (Å²) in [5, 5.41) is 7.07. The van der Waals surface area contributed by atoms with Crippen molar-refractivity contribution in [2.24, 2.45) is 0 Å². The lowest BCUT2D eigenvalue weighted by Crippen LogP contribution is -2.27. The number of hydrogen-bond acceptors (Lipinski definition) is 4. The third kappa shape index (κ3) is 7.49. The molecule has 3 aromatic rings. The highest BCUT2D eigenvalue weighted by molar-refractivity contribution is 7.98. The molecule has 0 heterocycles. The van der Waals surface area contributed by atoms with E-state index in [1.54, 1.807) is 0 Å². The van der Waals surface area contributed by atoms with E-state index >= 15 is 0 Å². The van der Waals surface area contributed by atoms with Crippen LogP contribution >= 0.6 is 24.0 Å². The van der Waals surface area contributed by atoms with Crippen LogP contribution < -0.4 is 20.1 Å². The maximum Gasteiger partial charge on any atom is 0.171 e. The van der Waals surface area contributed by atoms with Crippen LogP contribution in [0, 0.1) is 0 Å². The molecule has 0 bridgehead atoms. The van der Waals surface area contributed by atoms with Gasteiger partial charge in [0.25, 0.3) is 0 Å². The SMILES string of the molecule is CCOc1ccc(CNC(=S)Nc2ccc(CSc3ccccc3)cc2)cc1OCC. The number of benzene rings is 3. The van der Waals surface area contributed by atoms with Crippen LogP contribution in [0.4, 0.5) is 5.69 Å². The summed E-state index contributed by atoms with van der Waals surface area (Å²) in [5.74, 6) is 2.46. The molecule has 0 aliphatic heterocycles. The smallest absolute Gasteiger partial charge is 0.171 e. The van der Waals surface area contributed by atoms with Gasteiger partial charge in [-0.1, -0.05) is 36.4 Å². The Morgan fingerprint density at radius 1 is 0.839 bits per heavy atom. The maximum absolute atomic E-state index is 5.69. The van der Waals surface area contributed by atoms with Crippen molar-refractivity contribution in [3.8, 4) is 11.5 Å². The topological polar surface area (TPSA) is 42.5 Å². The van der Waals surface area contributed by atoms with Gasteiger partial charge < -0.3 is 20.1 Å². The lowest BCUT2D eigenvalue weighted by Gasteiger charge is -2.14. The third-order valence-corrected chi connectivity index (χ3v) is 5.75. The average molecular weight is 453 g/mol. The molecule has 0 aromatic heterocycles. The highest BCUT2D eigenvalue weighted by atomic mass is 32.2. The normalized spacial score (nSPS) is 10.4. The lowest BCUT2D eigenvalue weighted by atomic mass is 10.2. The van der Waals surface area contributed by atoms with Gasteiger partial charge in [0.1, 0.15) is 0 Å². The molecule has 0 amide bonds. The number of anilines is 1. The first-order chi connectivity index (χ1) is 15.2. The summed E-state index contributed by atoms with van der Waals surface area (Å²) < 4.78 is 11.3. The zero-order valence-corrected chi connectivity index (χ0v) is 19.5. The summed E-state index contributed by atoms with van der Waals surface area (Å²) in [7, 11) is 0. The molecular weight excluding hydrogens is 424 g/mol. The van der Waals surface area contributed by atoms with Crippen molar-refractivity contribution in [3.05, 3.63) is 83.9 Å². The van der Waals surface area contributed by atoms with Gasteiger partial charge in [0.05, 0.1) is 13.2 Å². The van der Waals surface area contributed by atoms with Crippen LogP contribution in [0.15, 0.2) is 77.7 Å². The Bertz CT molecular complexity index is 963. The summed E-state index contributed by atoms with van der Waals surface area (Å²) in [6.07, 6.45) is 0. The molecule has 31 heavy (non-hydrogen) atoms. The molecule has 0 spiro atoms. The van der Waals surface area contributed by atoms with Crippen LogP contribution in [0.1, 0.15) is 25.0 Å². The molecule has 0 radical (unpaired) electrons. The van der Waals surface area contributed by atoms with E-state index in [2.05, 4.69) is 59.2 Å². The van der Waals surface area contributed by atoms with Crippen LogP contribution in [-0.2, 0) is 12.3 Å². The first kappa shape index (κ1) is 23.0. The maximum atomic E-state index is 5.69. The zero-order valence-electron chi connectivity index (χ0n) is 17.9. The van der Waals surface area contributed by atoms with Crippen molar-refractivity contribution in [2.45, 2.75) is 31.0 Å². The second-order valence-corrected chi connectivity index (χ2v) is 8.21. The number of thioether (sulfide) groups is 1. The highest BCUT2D eigenvalue weighted by Gasteiger charge is 2.07. The first-order valence-corrected chi connectivity index (χ1v) is 11.8. The average Bonchev–Trinajstić information content (AvgIpc) is 2.80. The van der Waals surface area contributed by atoms with Crippen molar-refractivity contribution in [3.63, 3.8) is 0 Å². The molecule has 0 saturated carbocycles. The van der Waals surface area contributed by atoms with Gasteiger partial charge in [0.15, 0.2) is 16.6 Å². The van der Waals surface area contributed by atoms with Crippen molar-refractivity contribution in [1.29, 1.82) is 0 Å². The number of hydrogen-bond donors (Lipinski definition) is 2. The predicted octanol–water partition coefficient (Wildman–Crippen LogP) is 6.26. The molecule has 0 aliphatic rings. The minimum absolute atomic E-state index is 0.582. The van der Waals surface area contributed by atoms with Crippen molar-refractivity contribution in [2.75, 3.05) is 18.5 Å². The molecule has 162 valence electrons. The Balaban J connectivity index is 1.48. The summed E-state index contributed by atoms with van der Waals surface area (Å²) in [6, 6.07) is 24.7. The van der Waals surface area contributed by atoms with Gasteiger partial charge in [0, 0.05) is 22.9 Å². The number of ether oxygens (including phenoxy) is 2. The van der Waals surface area contributed by atoms with E-state index in [1.165, 1.54) is 10.5 Å². The van der Waals surface area contributed by atoms with Crippen LogP contribution in [0.5, 0.6) is 11.5 Å². The Morgan fingerprint density at radius 2 is 1.52 bits per heavy atom. The Kier molecular flexibility index (Phi) is 9.06. The van der Waals surface area contributed by atoms with Crippen LogP contribution in [0.2, 0.25) is 0 Å². The van der Waals surface area contributed by atoms with E-state index in [4.69, 9.17) is 21.7 Å². The van der Waals surface area contributed by atoms with Gasteiger partial charge in [-0.15, -0.1) is 11.8 Å². The monoisotopic (exact) mass is 452 g/mol. The Morgan fingerprint density at radius 3 is 2.23 bits per heavy atom. The van der Waals surface area contributed by atoms with Crippen LogP contribution in [-0.4, -0.2) is 18.3 Å². The molecule has 0 saturated heterocycles. The molecule has 0 atom stereocenters. The van der Waals surface area contributed by atoms with Gasteiger partial charge in [0.2, 0.25) is 0 Å². The van der Waals surface area contributed by atoms with Crippen molar-refractivity contribution in [1.82, 2.24) is 5.32 Å². The van der Waals surface area contributed by atoms with Gasteiger partial charge in [-0.25, -0.2) is 0 Å². The fourth-order valence-electron chi connectivity index (χ4n) is 2.93. The van der Waals surface area contributed by atoms with Gasteiger partial charge in [-0.3, -0.25) is 0 Å². The molecule has 4 nitrogen and oxygen atoms in total. The number of nitrogens with one attached hydrogen (secondary N) is 2. The molecule has 0 aliphatic carbocycles. The van der Waals surface area contributed by atoms with E-state index < -0.39 is 0 Å². The van der Waals surface area contributed by atoms with E-state index in [-0.39, 0.29) is 0 Å². The molecule has 0 fully saturated rings. The second-order valence-electron chi connectivity index (χ2n) is 6.75. The van der Waals surface area contributed by atoms with Gasteiger partial charge in [-0.05, 0) is 73.6 Å². The van der Waals surface area contributed by atoms with E-state index in [0.717, 1.165) is 28.5 Å².